The van der Waals surface area contributed by atoms with Crippen molar-refractivity contribution < 1.29 is 14.2 Å². The first-order valence-corrected chi connectivity index (χ1v) is 7.11. The number of halogens is 1. The largest absolute Gasteiger partial charge is 0.454 e. The Morgan fingerprint density at radius 3 is 3.05 bits per heavy atom. The second-order valence-electron chi connectivity index (χ2n) is 4.93. The number of benzene rings is 1. The van der Waals surface area contributed by atoms with Crippen LogP contribution in [0.25, 0.3) is 0 Å². The molecule has 104 valence electrons. The lowest BCUT2D eigenvalue weighted by Gasteiger charge is -2.22. The van der Waals surface area contributed by atoms with Crippen molar-refractivity contribution in [1.82, 2.24) is 5.32 Å². The highest BCUT2D eigenvalue weighted by Crippen LogP contribution is 2.39. The van der Waals surface area contributed by atoms with Crippen molar-refractivity contribution in [3.63, 3.8) is 0 Å². The van der Waals surface area contributed by atoms with Crippen LogP contribution < -0.4 is 14.8 Å². The van der Waals surface area contributed by atoms with Gasteiger partial charge in [-0.25, -0.2) is 0 Å². The number of hydrogen-bond acceptors (Lipinski definition) is 4. The number of rotatable bonds is 4. The number of ether oxygens (including phenoxy) is 3. The quantitative estimate of drug-likeness (QED) is 0.922. The molecule has 0 radical (unpaired) electrons. The van der Waals surface area contributed by atoms with Crippen molar-refractivity contribution >= 4 is 11.6 Å². The molecule has 1 N–H and O–H groups in total. The number of hydrogen-bond donors (Lipinski definition) is 1. The monoisotopic (exact) mass is 283 g/mol. The average molecular weight is 284 g/mol. The van der Waals surface area contributed by atoms with Gasteiger partial charge in [0.2, 0.25) is 6.79 Å². The molecule has 0 spiro atoms. The van der Waals surface area contributed by atoms with Crippen LogP contribution in [0.1, 0.15) is 24.8 Å². The smallest absolute Gasteiger partial charge is 0.231 e. The summed E-state index contributed by atoms with van der Waals surface area (Å²) in [4.78, 5) is 0. The summed E-state index contributed by atoms with van der Waals surface area (Å²) in [5.74, 6) is 1.39. The highest BCUT2D eigenvalue weighted by molar-refractivity contribution is 6.32. The normalized spacial score (nSPS) is 21.6. The van der Waals surface area contributed by atoms with Crippen LogP contribution in [-0.2, 0) is 11.3 Å². The van der Waals surface area contributed by atoms with Gasteiger partial charge in [-0.2, -0.15) is 0 Å². The van der Waals surface area contributed by atoms with E-state index in [-0.39, 0.29) is 6.79 Å². The molecule has 4 nitrogen and oxygen atoms in total. The molecule has 3 rings (SSSR count). The number of nitrogens with one attached hydrogen (secondary N) is 1. The van der Waals surface area contributed by atoms with Gasteiger partial charge in [-0.3, -0.25) is 0 Å². The minimum Gasteiger partial charge on any atom is -0.454 e. The van der Waals surface area contributed by atoms with Crippen LogP contribution in [0.4, 0.5) is 0 Å². The predicted octanol–water partition coefficient (Wildman–Crippen LogP) is 2.73. The summed E-state index contributed by atoms with van der Waals surface area (Å²) in [6, 6.07) is 3.90. The Morgan fingerprint density at radius 2 is 2.21 bits per heavy atom. The molecule has 2 aliphatic heterocycles. The molecule has 19 heavy (non-hydrogen) atoms. The summed E-state index contributed by atoms with van der Waals surface area (Å²) in [5, 5.41) is 4.02. The van der Waals surface area contributed by atoms with E-state index < -0.39 is 0 Å². The predicted molar refractivity (Wildman–Crippen MR) is 72.9 cm³/mol. The Kier molecular flexibility index (Phi) is 4.11. The van der Waals surface area contributed by atoms with Crippen molar-refractivity contribution in [3.05, 3.63) is 22.7 Å². The first kappa shape index (κ1) is 13.0. The zero-order chi connectivity index (χ0) is 13.1. The first-order chi connectivity index (χ1) is 9.33. The third kappa shape index (κ3) is 3.14. The summed E-state index contributed by atoms with van der Waals surface area (Å²) in [6.07, 6.45) is 3.95. The third-order valence-electron chi connectivity index (χ3n) is 3.46. The minimum atomic E-state index is 0.252. The third-order valence-corrected chi connectivity index (χ3v) is 3.74. The molecule has 1 aromatic rings. The summed E-state index contributed by atoms with van der Waals surface area (Å²) >= 11 is 6.14. The van der Waals surface area contributed by atoms with Crippen LogP contribution in [0.5, 0.6) is 11.5 Å². The molecule has 1 aromatic carbocycles. The van der Waals surface area contributed by atoms with Crippen molar-refractivity contribution in [2.45, 2.75) is 31.9 Å². The maximum Gasteiger partial charge on any atom is 0.231 e. The Morgan fingerprint density at radius 1 is 1.26 bits per heavy atom. The van der Waals surface area contributed by atoms with Gasteiger partial charge in [-0.05, 0) is 37.0 Å². The highest BCUT2D eigenvalue weighted by Gasteiger charge is 2.18. The van der Waals surface area contributed by atoms with Gasteiger partial charge in [0.1, 0.15) is 0 Å². The fourth-order valence-corrected chi connectivity index (χ4v) is 2.76. The molecular weight excluding hydrogens is 266 g/mol. The lowest BCUT2D eigenvalue weighted by Crippen LogP contribution is -2.31. The Hall–Kier alpha value is -0.970. The molecule has 2 heterocycles. The Balaban J connectivity index is 1.54. The maximum atomic E-state index is 6.14. The molecule has 0 aliphatic carbocycles. The van der Waals surface area contributed by atoms with Crippen molar-refractivity contribution in [2.24, 2.45) is 0 Å². The van der Waals surface area contributed by atoms with Crippen LogP contribution in [-0.4, -0.2) is 26.0 Å². The molecule has 0 bridgehead atoms. The van der Waals surface area contributed by atoms with Crippen molar-refractivity contribution in [1.29, 1.82) is 0 Å². The maximum absolute atomic E-state index is 6.14. The van der Waals surface area contributed by atoms with Crippen LogP contribution in [0.3, 0.4) is 0 Å². The SMILES string of the molecule is Clc1cc(CNCC2CCCCO2)cc2c1OCO2. The zero-order valence-corrected chi connectivity index (χ0v) is 11.5. The molecule has 0 amide bonds. The molecule has 1 fully saturated rings. The zero-order valence-electron chi connectivity index (χ0n) is 10.8. The van der Waals surface area contributed by atoms with E-state index in [0.29, 0.717) is 16.9 Å². The molecule has 1 saturated heterocycles. The van der Waals surface area contributed by atoms with Gasteiger partial charge in [0.05, 0.1) is 11.1 Å². The van der Waals surface area contributed by atoms with Gasteiger partial charge in [0, 0.05) is 19.7 Å². The first-order valence-electron chi connectivity index (χ1n) is 6.73. The summed E-state index contributed by atoms with van der Waals surface area (Å²) in [7, 11) is 0. The van der Waals surface area contributed by atoms with Crippen LogP contribution in [0, 0.1) is 0 Å². The summed E-state index contributed by atoms with van der Waals surface area (Å²) in [5.41, 5.74) is 1.10. The van der Waals surface area contributed by atoms with Crippen molar-refractivity contribution in [3.8, 4) is 11.5 Å². The Bertz CT molecular complexity index is 447. The van der Waals surface area contributed by atoms with E-state index in [1.54, 1.807) is 0 Å². The topological polar surface area (TPSA) is 39.7 Å². The second-order valence-corrected chi connectivity index (χ2v) is 5.34. The van der Waals surface area contributed by atoms with Crippen LogP contribution in [0.2, 0.25) is 5.02 Å². The van der Waals surface area contributed by atoms with E-state index in [2.05, 4.69) is 5.32 Å². The molecule has 1 atom stereocenters. The second kappa shape index (κ2) is 5.99. The van der Waals surface area contributed by atoms with Gasteiger partial charge in [-0.15, -0.1) is 0 Å². The van der Waals surface area contributed by atoms with Crippen LogP contribution >= 0.6 is 11.6 Å². The van der Waals surface area contributed by atoms with Gasteiger partial charge >= 0.3 is 0 Å². The van der Waals surface area contributed by atoms with E-state index in [9.17, 15) is 0 Å². The van der Waals surface area contributed by atoms with E-state index in [1.165, 1.54) is 12.8 Å². The van der Waals surface area contributed by atoms with Gasteiger partial charge in [-0.1, -0.05) is 11.6 Å². The lowest BCUT2D eigenvalue weighted by atomic mass is 10.1. The molecule has 0 saturated carbocycles. The minimum absolute atomic E-state index is 0.252. The lowest BCUT2D eigenvalue weighted by molar-refractivity contribution is 0.0168. The Labute approximate surface area is 118 Å². The van der Waals surface area contributed by atoms with E-state index in [1.807, 2.05) is 12.1 Å². The summed E-state index contributed by atoms with van der Waals surface area (Å²) in [6.45, 7) is 2.78. The van der Waals surface area contributed by atoms with Gasteiger partial charge in [0.15, 0.2) is 11.5 Å². The molecule has 1 unspecified atom stereocenters. The fourth-order valence-electron chi connectivity index (χ4n) is 2.47. The van der Waals surface area contributed by atoms with E-state index in [0.717, 1.165) is 37.4 Å². The molecule has 5 heteroatoms. The van der Waals surface area contributed by atoms with Gasteiger partial charge < -0.3 is 19.5 Å². The standard InChI is InChI=1S/C14H18ClNO3/c15-12-5-10(6-13-14(12)19-9-18-13)7-16-8-11-3-1-2-4-17-11/h5-6,11,16H,1-4,7-9H2. The molecule has 0 aromatic heterocycles. The fraction of sp³-hybridized carbons (Fsp3) is 0.571. The van der Waals surface area contributed by atoms with E-state index in [4.69, 9.17) is 25.8 Å². The molecular formula is C14H18ClNO3. The number of fused-ring (bicyclic) bond motifs is 1. The van der Waals surface area contributed by atoms with Gasteiger partial charge in [0.25, 0.3) is 0 Å². The van der Waals surface area contributed by atoms with Crippen molar-refractivity contribution in [2.75, 3.05) is 19.9 Å². The highest BCUT2D eigenvalue weighted by atomic mass is 35.5. The average Bonchev–Trinajstić information content (AvgIpc) is 2.89. The molecule has 2 aliphatic rings. The van der Waals surface area contributed by atoms with Crippen LogP contribution in [0.15, 0.2) is 12.1 Å². The summed E-state index contributed by atoms with van der Waals surface area (Å²) < 4.78 is 16.3. The van der Waals surface area contributed by atoms with E-state index >= 15 is 0 Å².